The van der Waals surface area contributed by atoms with Crippen LogP contribution in [0.3, 0.4) is 0 Å². The van der Waals surface area contributed by atoms with E-state index in [1.807, 2.05) is 18.3 Å². The summed E-state index contributed by atoms with van der Waals surface area (Å²) in [5.41, 5.74) is 8.20. The first-order chi connectivity index (χ1) is 17.2. The minimum Gasteiger partial charge on any atom is -0.296 e. The molecule has 0 aliphatic rings. The van der Waals surface area contributed by atoms with Crippen LogP contribution in [0.25, 0.3) is 54.8 Å². The molecule has 4 heteroatoms. The van der Waals surface area contributed by atoms with Gasteiger partial charge in [0, 0.05) is 31.2 Å². The summed E-state index contributed by atoms with van der Waals surface area (Å²) in [5.74, 6) is 0. The quantitative estimate of drug-likeness (QED) is 0.205. The molecule has 0 N–H and O–H groups in total. The number of hydrogen-bond acceptors (Lipinski definition) is 4. The Morgan fingerprint density at radius 2 is 1.20 bits per heavy atom. The van der Waals surface area contributed by atoms with Gasteiger partial charge in [-0.05, 0) is 86.9 Å². The van der Waals surface area contributed by atoms with Crippen LogP contribution in [-0.4, -0.2) is 29.9 Å². The minimum absolute atomic E-state index is 0.834. The standard InChI is InChI=1S/C31H22N4/c1-32-19-26-17-22(7-11-29(26)33-2)20-5-9-27-24(15-20)3-4-25-16-21(6-10-28(25)27)23-8-12-30-31(18-23)35-14-13-34-30/h3-19H,2H2,1H3/b32-19-. The SMILES string of the molecule is C=Nc1ccc(-c2ccc3c(ccc4cc(-c5ccc6nccnc6c5)ccc43)c2)cc1/C=N\C. The molecule has 0 spiro atoms. The summed E-state index contributed by atoms with van der Waals surface area (Å²) >= 11 is 0. The van der Waals surface area contributed by atoms with Crippen molar-refractivity contribution in [2.75, 3.05) is 7.05 Å². The van der Waals surface area contributed by atoms with Crippen molar-refractivity contribution in [1.82, 2.24) is 9.97 Å². The molecule has 0 radical (unpaired) electrons. The molecule has 0 bridgehead atoms. The van der Waals surface area contributed by atoms with Gasteiger partial charge in [-0.25, -0.2) is 0 Å². The van der Waals surface area contributed by atoms with E-state index in [4.69, 9.17) is 0 Å². The Kier molecular flexibility index (Phi) is 5.12. The van der Waals surface area contributed by atoms with E-state index in [9.17, 15) is 0 Å². The Morgan fingerprint density at radius 1 is 0.629 bits per heavy atom. The average Bonchev–Trinajstić information content (AvgIpc) is 2.92. The molecule has 1 aromatic heterocycles. The molecule has 0 aliphatic heterocycles. The first kappa shape index (κ1) is 20.9. The van der Waals surface area contributed by atoms with Gasteiger partial charge in [-0.15, -0.1) is 0 Å². The lowest BCUT2D eigenvalue weighted by Crippen LogP contribution is -1.87. The molecule has 0 unspecified atom stereocenters. The van der Waals surface area contributed by atoms with Gasteiger partial charge in [0.25, 0.3) is 0 Å². The van der Waals surface area contributed by atoms with Crippen molar-refractivity contribution in [3.8, 4) is 22.3 Å². The third kappa shape index (κ3) is 3.75. The van der Waals surface area contributed by atoms with Crippen molar-refractivity contribution in [2.45, 2.75) is 0 Å². The van der Waals surface area contributed by atoms with Crippen LogP contribution in [0.15, 0.2) is 107 Å². The summed E-state index contributed by atoms with van der Waals surface area (Å²) < 4.78 is 0. The predicted octanol–water partition coefficient (Wildman–Crippen LogP) is 7.65. The molecule has 6 aromatic rings. The summed E-state index contributed by atoms with van der Waals surface area (Å²) in [6.07, 6.45) is 5.28. The summed E-state index contributed by atoms with van der Waals surface area (Å²) in [6.45, 7) is 3.67. The van der Waals surface area contributed by atoms with Gasteiger partial charge in [-0.3, -0.25) is 20.0 Å². The van der Waals surface area contributed by atoms with Crippen LogP contribution in [0.2, 0.25) is 0 Å². The highest BCUT2D eigenvalue weighted by Gasteiger charge is 2.08. The molecule has 4 nitrogen and oxygen atoms in total. The van der Waals surface area contributed by atoms with E-state index in [1.54, 1.807) is 19.4 Å². The summed E-state index contributed by atoms with van der Waals surface area (Å²) in [5, 5.41) is 4.90. The van der Waals surface area contributed by atoms with Crippen molar-refractivity contribution in [3.05, 3.63) is 103 Å². The van der Waals surface area contributed by atoms with E-state index >= 15 is 0 Å². The second kappa shape index (κ2) is 8.58. The predicted molar refractivity (Wildman–Crippen MR) is 148 cm³/mol. The number of rotatable bonds is 4. The van der Waals surface area contributed by atoms with Gasteiger partial charge in [-0.2, -0.15) is 0 Å². The zero-order chi connectivity index (χ0) is 23.8. The van der Waals surface area contributed by atoms with Crippen LogP contribution in [0, 0.1) is 0 Å². The number of fused-ring (bicyclic) bond motifs is 4. The lowest BCUT2D eigenvalue weighted by atomic mass is 9.94. The fourth-order valence-electron chi connectivity index (χ4n) is 4.69. The van der Waals surface area contributed by atoms with Crippen molar-refractivity contribution < 1.29 is 0 Å². The lowest BCUT2D eigenvalue weighted by molar-refractivity contribution is 1.29. The zero-order valence-electron chi connectivity index (χ0n) is 19.3. The third-order valence-corrected chi connectivity index (χ3v) is 6.44. The maximum absolute atomic E-state index is 4.45. The lowest BCUT2D eigenvalue weighted by Gasteiger charge is -2.10. The summed E-state index contributed by atoms with van der Waals surface area (Å²) in [7, 11) is 1.76. The van der Waals surface area contributed by atoms with E-state index in [0.29, 0.717) is 0 Å². The molecule has 0 atom stereocenters. The smallest absolute Gasteiger partial charge is 0.0892 e. The Morgan fingerprint density at radius 3 is 1.86 bits per heavy atom. The van der Waals surface area contributed by atoms with E-state index in [2.05, 4.69) is 99.5 Å². The van der Waals surface area contributed by atoms with Gasteiger partial charge in [0.1, 0.15) is 0 Å². The second-order valence-electron chi connectivity index (χ2n) is 8.52. The Labute approximate surface area is 203 Å². The van der Waals surface area contributed by atoms with E-state index in [1.165, 1.54) is 27.1 Å². The topological polar surface area (TPSA) is 50.5 Å². The third-order valence-electron chi connectivity index (χ3n) is 6.44. The highest BCUT2D eigenvalue weighted by molar-refractivity contribution is 6.09. The maximum Gasteiger partial charge on any atom is 0.0892 e. The Balaban J connectivity index is 1.42. The summed E-state index contributed by atoms with van der Waals surface area (Å²) in [4.78, 5) is 17.1. The minimum atomic E-state index is 0.834. The van der Waals surface area contributed by atoms with E-state index in [-0.39, 0.29) is 0 Å². The molecule has 0 fully saturated rings. The highest BCUT2D eigenvalue weighted by Crippen LogP contribution is 2.33. The van der Waals surface area contributed by atoms with E-state index < -0.39 is 0 Å². The van der Waals surface area contributed by atoms with Gasteiger partial charge in [-0.1, -0.05) is 48.5 Å². The first-order valence-corrected chi connectivity index (χ1v) is 11.4. The molecule has 1 heterocycles. The number of aromatic nitrogens is 2. The fraction of sp³-hybridized carbons (Fsp3) is 0.0323. The second-order valence-corrected chi connectivity index (χ2v) is 8.52. The molecule has 0 saturated heterocycles. The Bertz CT molecular complexity index is 1780. The number of aliphatic imine (C=N–C) groups is 2. The van der Waals surface area contributed by atoms with Crippen molar-refractivity contribution >= 4 is 51.2 Å². The average molecular weight is 451 g/mol. The van der Waals surface area contributed by atoms with Crippen molar-refractivity contribution in [1.29, 1.82) is 0 Å². The molecule has 35 heavy (non-hydrogen) atoms. The molecule has 5 aromatic carbocycles. The van der Waals surface area contributed by atoms with Crippen molar-refractivity contribution in [3.63, 3.8) is 0 Å². The fourth-order valence-corrected chi connectivity index (χ4v) is 4.69. The van der Waals surface area contributed by atoms with Gasteiger partial charge >= 0.3 is 0 Å². The van der Waals surface area contributed by atoms with Crippen LogP contribution >= 0.6 is 0 Å². The molecular weight excluding hydrogens is 428 g/mol. The van der Waals surface area contributed by atoms with Gasteiger partial charge in [0.15, 0.2) is 0 Å². The van der Waals surface area contributed by atoms with Gasteiger partial charge < -0.3 is 0 Å². The molecule has 0 aliphatic carbocycles. The Hall–Kier alpha value is -4.70. The molecule has 0 amide bonds. The van der Waals surface area contributed by atoms with Crippen LogP contribution in [-0.2, 0) is 0 Å². The van der Waals surface area contributed by atoms with Crippen LogP contribution in [0.1, 0.15) is 5.56 Å². The van der Waals surface area contributed by atoms with E-state index in [0.717, 1.165) is 39.0 Å². The van der Waals surface area contributed by atoms with Gasteiger partial charge in [0.2, 0.25) is 0 Å². The number of nitrogens with zero attached hydrogens (tertiary/aromatic N) is 4. The number of hydrogen-bond donors (Lipinski definition) is 0. The molecule has 0 saturated carbocycles. The molecular formula is C31H22N4. The van der Waals surface area contributed by atoms with Crippen LogP contribution in [0.4, 0.5) is 5.69 Å². The zero-order valence-corrected chi connectivity index (χ0v) is 19.3. The van der Waals surface area contributed by atoms with Crippen LogP contribution < -0.4 is 0 Å². The van der Waals surface area contributed by atoms with Gasteiger partial charge in [0.05, 0.1) is 16.7 Å². The highest BCUT2D eigenvalue weighted by atomic mass is 14.8. The largest absolute Gasteiger partial charge is 0.296 e. The van der Waals surface area contributed by atoms with Crippen molar-refractivity contribution in [2.24, 2.45) is 9.98 Å². The normalized spacial score (nSPS) is 11.6. The molecule has 6 rings (SSSR count). The maximum atomic E-state index is 4.45. The van der Waals surface area contributed by atoms with Crippen LogP contribution in [0.5, 0.6) is 0 Å². The summed E-state index contributed by atoms with van der Waals surface area (Å²) in [6, 6.07) is 30.1. The number of benzene rings is 5. The first-order valence-electron chi connectivity index (χ1n) is 11.4. The molecule has 166 valence electrons. The monoisotopic (exact) mass is 450 g/mol.